The average Bonchev–Trinajstić information content (AvgIpc) is 3.18. The van der Waals surface area contributed by atoms with Crippen molar-refractivity contribution in [2.45, 2.75) is 56.8 Å². The van der Waals surface area contributed by atoms with Gasteiger partial charge in [-0.2, -0.15) is 0 Å². The second-order valence-electron chi connectivity index (χ2n) is 8.95. The van der Waals surface area contributed by atoms with E-state index in [0.717, 1.165) is 44.3 Å². The van der Waals surface area contributed by atoms with E-state index in [4.69, 9.17) is 19.9 Å². The van der Waals surface area contributed by atoms with Gasteiger partial charge in [0.05, 0.1) is 26.4 Å². The van der Waals surface area contributed by atoms with Crippen LogP contribution in [0.15, 0.2) is 77.4 Å². The van der Waals surface area contributed by atoms with Gasteiger partial charge in [-0.05, 0) is 78.5 Å². The van der Waals surface area contributed by atoms with Gasteiger partial charge in [0.25, 0.3) is 0 Å². The van der Waals surface area contributed by atoms with Crippen molar-refractivity contribution in [1.82, 2.24) is 0 Å². The summed E-state index contributed by atoms with van der Waals surface area (Å²) < 4.78 is 17.1. The Kier molecular flexibility index (Phi) is 7.46. The molecule has 1 unspecified atom stereocenters. The van der Waals surface area contributed by atoms with Crippen molar-refractivity contribution in [3.63, 3.8) is 0 Å². The second kappa shape index (κ2) is 10.5. The lowest BCUT2D eigenvalue weighted by Crippen LogP contribution is -2.41. The first-order valence-electron chi connectivity index (χ1n) is 11.6. The van der Waals surface area contributed by atoms with Crippen molar-refractivity contribution in [3.05, 3.63) is 88.5 Å². The van der Waals surface area contributed by atoms with Gasteiger partial charge in [-0.15, -0.1) is 0 Å². The Labute approximate surface area is 192 Å². The van der Waals surface area contributed by atoms with Gasteiger partial charge in [-0.25, -0.2) is 0 Å². The maximum atomic E-state index is 6.89. The predicted molar refractivity (Wildman–Crippen MR) is 129 cm³/mol. The highest BCUT2D eigenvalue weighted by Gasteiger charge is 2.43. The number of ether oxygens (including phenoxy) is 3. The summed E-state index contributed by atoms with van der Waals surface area (Å²) in [5.74, 6) is 0.905. The molecule has 0 aliphatic heterocycles. The van der Waals surface area contributed by atoms with Crippen molar-refractivity contribution in [2.24, 2.45) is 5.73 Å². The molecule has 0 amide bonds. The fourth-order valence-corrected chi connectivity index (χ4v) is 5.06. The van der Waals surface area contributed by atoms with Gasteiger partial charge in [0.2, 0.25) is 0 Å². The van der Waals surface area contributed by atoms with Crippen LogP contribution in [0.5, 0.6) is 5.75 Å². The molecule has 170 valence electrons. The number of hydrogen-bond donors (Lipinski definition) is 1. The largest absolute Gasteiger partial charge is 0.497 e. The van der Waals surface area contributed by atoms with Crippen molar-refractivity contribution in [2.75, 3.05) is 20.8 Å². The number of hydrogen-bond acceptors (Lipinski definition) is 4. The summed E-state index contributed by atoms with van der Waals surface area (Å²) in [6.07, 6.45) is 8.14. The Morgan fingerprint density at radius 2 is 1.78 bits per heavy atom. The predicted octanol–water partition coefficient (Wildman–Crippen LogP) is 5.37. The topological polar surface area (TPSA) is 53.7 Å². The van der Waals surface area contributed by atoms with Crippen LogP contribution in [0, 0.1) is 0 Å². The molecule has 2 aliphatic carbocycles. The van der Waals surface area contributed by atoms with E-state index in [2.05, 4.69) is 48.5 Å². The van der Waals surface area contributed by atoms with Gasteiger partial charge in [0, 0.05) is 12.6 Å². The Morgan fingerprint density at radius 3 is 2.56 bits per heavy atom. The Bertz CT molecular complexity index is 966. The van der Waals surface area contributed by atoms with Gasteiger partial charge < -0.3 is 19.9 Å². The minimum absolute atomic E-state index is 0.212. The lowest BCUT2D eigenvalue weighted by molar-refractivity contribution is 0.104. The number of allylic oxidation sites excluding steroid dienone is 1. The van der Waals surface area contributed by atoms with E-state index in [9.17, 15) is 0 Å². The Morgan fingerprint density at radius 1 is 0.969 bits per heavy atom. The van der Waals surface area contributed by atoms with Gasteiger partial charge in [-0.1, -0.05) is 48.5 Å². The molecule has 32 heavy (non-hydrogen) atoms. The first kappa shape index (κ1) is 22.8. The lowest BCUT2D eigenvalue weighted by Gasteiger charge is -2.33. The van der Waals surface area contributed by atoms with Crippen molar-refractivity contribution in [3.8, 4) is 5.75 Å². The molecule has 2 aliphatic rings. The summed E-state index contributed by atoms with van der Waals surface area (Å²) in [6.45, 7) is 1.36. The molecule has 1 saturated carbocycles. The average molecular weight is 434 g/mol. The molecule has 2 atom stereocenters. The van der Waals surface area contributed by atoms with Crippen LogP contribution in [0.25, 0.3) is 0 Å². The van der Waals surface area contributed by atoms with E-state index >= 15 is 0 Å². The van der Waals surface area contributed by atoms with Crippen molar-refractivity contribution in [1.29, 1.82) is 0 Å². The van der Waals surface area contributed by atoms with Crippen LogP contribution in [0.3, 0.4) is 0 Å². The molecule has 0 spiro atoms. The first-order valence-corrected chi connectivity index (χ1v) is 11.6. The molecule has 2 aromatic rings. The summed E-state index contributed by atoms with van der Waals surface area (Å²) in [7, 11) is 3.51. The van der Waals surface area contributed by atoms with Gasteiger partial charge in [-0.3, -0.25) is 0 Å². The molecule has 0 heterocycles. The zero-order valence-electron chi connectivity index (χ0n) is 19.3. The van der Waals surface area contributed by atoms with Crippen LogP contribution in [0.4, 0.5) is 0 Å². The molecule has 4 rings (SSSR count). The third kappa shape index (κ3) is 5.32. The van der Waals surface area contributed by atoms with Crippen LogP contribution in [-0.2, 0) is 22.5 Å². The number of rotatable bonds is 10. The molecule has 0 bridgehead atoms. The van der Waals surface area contributed by atoms with E-state index in [0.29, 0.717) is 13.2 Å². The summed E-state index contributed by atoms with van der Waals surface area (Å²) in [6, 6.07) is 18.7. The highest BCUT2D eigenvalue weighted by Crippen LogP contribution is 2.46. The van der Waals surface area contributed by atoms with E-state index < -0.39 is 0 Å². The first-order chi connectivity index (χ1) is 15.6. The van der Waals surface area contributed by atoms with E-state index in [1.54, 1.807) is 14.2 Å². The fraction of sp³-hybridized carbons (Fsp3) is 0.429. The monoisotopic (exact) mass is 433 g/mol. The second-order valence-corrected chi connectivity index (χ2v) is 8.95. The molecular formula is C28H35NO3. The van der Waals surface area contributed by atoms with Crippen LogP contribution in [0.2, 0.25) is 0 Å². The van der Waals surface area contributed by atoms with Crippen molar-refractivity contribution >= 4 is 0 Å². The highest BCUT2D eigenvalue weighted by molar-refractivity contribution is 5.47. The molecular weight excluding hydrogens is 398 g/mol. The zero-order chi connectivity index (χ0) is 22.4. The highest BCUT2D eigenvalue weighted by atomic mass is 16.5. The van der Waals surface area contributed by atoms with Crippen LogP contribution >= 0.6 is 0 Å². The smallest absolute Gasteiger partial charge is 0.119 e. The van der Waals surface area contributed by atoms with Gasteiger partial charge in [0.1, 0.15) is 5.75 Å². The minimum atomic E-state index is -0.265. The number of methoxy groups -OCH3 is 2. The fourth-order valence-electron chi connectivity index (χ4n) is 5.06. The molecule has 0 radical (unpaired) electrons. The molecule has 4 heteroatoms. The molecule has 2 N–H and O–H groups in total. The summed E-state index contributed by atoms with van der Waals surface area (Å²) >= 11 is 0. The van der Waals surface area contributed by atoms with E-state index in [1.807, 2.05) is 12.1 Å². The van der Waals surface area contributed by atoms with Crippen molar-refractivity contribution < 1.29 is 14.2 Å². The summed E-state index contributed by atoms with van der Waals surface area (Å²) in [5.41, 5.74) is 13.3. The maximum absolute atomic E-state index is 6.89. The van der Waals surface area contributed by atoms with Crippen LogP contribution in [-0.4, -0.2) is 32.5 Å². The molecule has 4 nitrogen and oxygen atoms in total. The standard InChI is InChI=1S/C28H35NO3/c1-30-24-10-6-9-21(17-24)11-12-26-23(14-16-32-20-22-7-4-3-5-8-22)13-15-28(29)19-25(31-2)18-27(26)28/h3-10,13,17,25H,11-12,14-16,18-20,29H2,1-2H3/t25?,28-/m1/s1. The van der Waals surface area contributed by atoms with Crippen LogP contribution < -0.4 is 10.5 Å². The minimum Gasteiger partial charge on any atom is -0.497 e. The number of benzene rings is 2. The third-order valence-electron chi connectivity index (χ3n) is 6.85. The molecule has 0 aromatic heterocycles. The maximum Gasteiger partial charge on any atom is 0.119 e. The Balaban J connectivity index is 1.47. The van der Waals surface area contributed by atoms with E-state index in [-0.39, 0.29) is 11.6 Å². The number of aryl methyl sites for hydroxylation is 1. The Hall–Kier alpha value is -2.40. The zero-order valence-corrected chi connectivity index (χ0v) is 19.3. The number of fused-ring (bicyclic) bond motifs is 1. The molecule has 2 aromatic carbocycles. The van der Waals surface area contributed by atoms with Crippen LogP contribution in [0.1, 0.15) is 43.2 Å². The lowest BCUT2D eigenvalue weighted by atomic mass is 9.77. The van der Waals surface area contributed by atoms with Gasteiger partial charge >= 0.3 is 0 Å². The van der Waals surface area contributed by atoms with E-state index in [1.165, 1.54) is 27.8 Å². The summed E-state index contributed by atoms with van der Waals surface area (Å²) in [4.78, 5) is 0. The molecule has 1 fully saturated rings. The van der Waals surface area contributed by atoms with Gasteiger partial charge in [0.15, 0.2) is 0 Å². The quantitative estimate of drug-likeness (QED) is 0.512. The SMILES string of the molecule is COc1cccc(CCC2=C3CC(OC)C[C@]3(N)CC=C2CCOCc2ccccc2)c1. The number of nitrogens with two attached hydrogens (primary N) is 1. The molecule has 0 saturated heterocycles. The normalized spacial score (nSPS) is 22.6. The summed E-state index contributed by atoms with van der Waals surface area (Å²) in [5, 5.41) is 0. The third-order valence-corrected chi connectivity index (χ3v) is 6.85.